The van der Waals surface area contributed by atoms with Gasteiger partial charge in [-0.3, -0.25) is 0 Å². The van der Waals surface area contributed by atoms with E-state index < -0.39 is 0 Å². The van der Waals surface area contributed by atoms with Crippen LogP contribution in [0.25, 0.3) is 0 Å². The maximum Gasteiger partial charge on any atom is -0.00408 e. The fraction of sp³-hybridized carbons (Fsp3) is 1.00. The van der Waals surface area contributed by atoms with Gasteiger partial charge in [0.05, 0.1) is 0 Å². The predicted octanol–water partition coefficient (Wildman–Crippen LogP) is 2.80. The van der Waals surface area contributed by atoms with Crippen LogP contribution in [0.4, 0.5) is 0 Å². The van der Waals surface area contributed by atoms with E-state index in [1.807, 2.05) is 0 Å². The van der Waals surface area contributed by atoms with Crippen molar-refractivity contribution in [3.63, 3.8) is 0 Å². The first-order valence-electron chi connectivity index (χ1n) is 5.86. The summed E-state index contributed by atoms with van der Waals surface area (Å²) in [7, 11) is 0. The molecule has 0 radical (unpaired) electrons. The van der Waals surface area contributed by atoms with Crippen LogP contribution in [0.3, 0.4) is 0 Å². The molecule has 2 fully saturated rings. The zero-order valence-electron chi connectivity index (χ0n) is 9.05. The molecule has 76 valence electrons. The van der Waals surface area contributed by atoms with Crippen LogP contribution in [-0.2, 0) is 0 Å². The van der Waals surface area contributed by atoms with Gasteiger partial charge in [0.1, 0.15) is 0 Å². The van der Waals surface area contributed by atoms with Gasteiger partial charge in [0.2, 0.25) is 0 Å². The van der Waals surface area contributed by atoms with E-state index in [9.17, 15) is 0 Å². The Hall–Kier alpha value is -0.0400. The molecule has 0 bridgehead atoms. The van der Waals surface area contributed by atoms with Gasteiger partial charge in [0, 0.05) is 0 Å². The van der Waals surface area contributed by atoms with Gasteiger partial charge in [-0.1, -0.05) is 39.5 Å². The van der Waals surface area contributed by atoms with Crippen LogP contribution in [0.5, 0.6) is 0 Å². The largest absolute Gasteiger partial charge is 0.330 e. The highest BCUT2D eigenvalue weighted by atomic mass is 14.7. The van der Waals surface area contributed by atoms with E-state index in [1.54, 1.807) is 0 Å². The minimum absolute atomic E-state index is 0.567. The van der Waals surface area contributed by atoms with Gasteiger partial charge in [-0.2, -0.15) is 0 Å². The molecular formula is C12H23N. The average Bonchev–Trinajstić information content (AvgIpc) is 2.54. The molecule has 2 unspecified atom stereocenters. The first-order chi connectivity index (χ1) is 6.16. The lowest BCUT2D eigenvalue weighted by atomic mass is 9.97. The summed E-state index contributed by atoms with van der Waals surface area (Å²) >= 11 is 0. The molecule has 2 atom stereocenters. The summed E-state index contributed by atoms with van der Waals surface area (Å²) in [5.74, 6) is 2.81. The van der Waals surface area contributed by atoms with Crippen molar-refractivity contribution in [3.05, 3.63) is 0 Å². The van der Waals surface area contributed by atoms with Crippen LogP contribution < -0.4 is 5.73 Å². The van der Waals surface area contributed by atoms with Crippen LogP contribution >= 0.6 is 0 Å². The Morgan fingerprint density at radius 3 is 2.23 bits per heavy atom. The summed E-state index contributed by atoms with van der Waals surface area (Å²) in [6.07, 6.45) is 7.40. The molecule has 1 heteroatoms. The Kier molecular flexibility index (Phi) is 2.39. The van der Waals surface area contributed by atoms with Crippen molar-refractivity contribution in [1.82, 2.24) is 0 Å². The number of hydrogen-bond donors (Lipinski definition) is 1. The summed E-state index contributed by atoms with van der Waals surface area (Å²) in [5, 5.41) is 0. The highest BCUT2D eigenvalue weighted by molar-refractivity contribution is 5.05. The second-order valence-electron chi connectivity index (χ2n) is 5.66. The summed E-state index contributed by atoms with van der Waals surface area (Å²) in [6.45, 7) is 5.69. The lowest BCUT2D eigenvalue weighted by Crippen LogP contribution is -2.05. The Morgan fingerprint density at radius 2 is 1.77 bits per heavy atom. The lowest BCUT2D eigenvalue weighted by Gasteiger charge is -2.09. The van der Waals surface area contributed by atoms with Crippen molar-refractivity contribution in [2.75, 3.05) is 6.54 Å². The van der Waals surface area contributed by atoms with Crippen molar-refractivity contribution in [3.8, 4) is 0 Å². The van der Waals surface area contributed by atoms with Crippen molar-refractivity contribution >= 4 is 0 Å². The van der Waals surface area contributed by atoms with E-state index in [0.717, 1.165) is 24.3 Å². The predicted molar refractivity (Wildman–Crippen MR) is 56.4 cm³/mol. The smallest absolute Gasteiger partial charge is 0.00408 e. The molecule has 0 aromatic carbocycles. The fourth-order valence-corrected chi connectivity index (χ4v) is 3.40. The monoisotopic (exact) mass is 181 g/mol. The highest BCUT2D eigenvalue weighted by Crippen LogP contribution is 2.61. The number of hydrogen-bond acceptors (Lipinski definition) is 1. The number of nitrogens with two attached hydrogens (primary N) is 1. The molecule has 1 nitrogen and oxygen atoms in total. The van der Waals surface area contributed by atoms with Gasteiger partial charge in [-0.05, 0) is 36.1 Å². The lowest BCUT2D eigenvalue weighted by molar-refractivity contribution is 0.420. The van der Waals surface area contributed by atoms with Crippen molar-refractivity contribution in [2.24, 2.45) is 28.9 Å². The molecule has 2 rings (SSSR count). The molecule has 2 N–H and O–H groups in total. The molecular weight excluding hydrogens is 158 g/mol. The van der Waals surface area contributed by atoms with Crippen molar-refractivity contribution in [2.45, 2.75) is 46.0 Å². The Bertz CT molecular complexity index is 180. The molecule has 0 aromatic rings. The normalized spacial score (nSPS) is 38.1. The third kappa shape index (κ3) is 1.63. The molecule has 0 amide bonds. The van der Waals surface area contributed by atoms with E-state index >= 15 is 0 Å². The Balaban J connectivity index is 1.83. The zero-order chi connectivity index (χ0) is 9.47. The van der Waals surface area contributed by atoms with Crippen LogP contribution in [0.15, 0.2) is 0 Å². The van der Waals surface area contributed by atoms with E-state index in [4.69, 9.17) is 5.73 Å². The average molecular weight is 181 g/mol. The maximum absolute atomic E-state index is 5.77. The molecule has 0 saturated heterocycles. The maximum atomic E-state index is 5.77. The molecule has 0 aliphatic heterocycles. The minimum atomic E-state index is 0.567. The van der Waals surface area contributed by atoms with E-state index in [0.29, 0.717) is 5.41 Å². The van der Waals surface area contributed by atoms with Gasteiger partial charge >= 0.3 is 0 Å². The third-order valence-corrected chi connectivity index (χ3v) is 4.60. The van der Waals surface area contributed by atoms with Gasteiger partial charge in [0.15, 0.2) is 0 Å². The van der Waals surface area contributed by atoms with Gasteiger partial charge in [-0.15, -0.1) is 0 Å². The van der Waals surface area contributed by atoms with Crippen molar-refractivity contribution < 1.29 is 0 Å². The second kappa shape index (κ2) is 3.27. The fourth-order valence-electron chi connectivity index (χ4n) is 3.40. The SMILES string of the molecule is CC1(C)C(CN)C1CC1CCCC1. The van der Waals surface area contributed by atoms with E-state index in [1.165, 1.54) is 32.1 Å². The number of rotatable bonds is 3. The van der Waals surface area contributed by atoms with Gasteiger partial charge in [-0.25, -0.2) is 0 Å². The second-order valence-corrected chi connectivity index (χ2v) is 5.66. The zero-order valence-corrected chi connectivity index (χ0v) is 9.05. The summed E-state index contributed by atoms with van der Waals surface area (Å²) in [4.78, 5) is 0. The molecule has 2 saturated carbocycles. The third-order valence-electron chi connectivity index (χ3n) is 4.60. The minimum Gasteiger partial charge on any atom is -0.330 e. The molecule has 2 aliphatic rings. The molecule has 0 heterocycles. The van der Waals surface area contributed by atoms with Crippen LogP contribution in [-0.4, -0.2) is 6.54 Å². The summed E-state index contributed by atoms with van der Waals surface area (Å²) in [6, 6.07) is 0. The van der Waals surface area contributed by atoms with Crippen molar-refractivity contribution in [1.29, 1.82) is 0 Å². The van der Waals surface area contributed by atoms with Crippen LogP contribution in [0.2, 0.25) is 0 Å². The van der Waals surface area contributed by atoms with Gasteiger partial charge in [0.25, 0.3) is 0 Å². The molecule has 2 aliphatic carbocycles. The van der Waals surface area contributed by atoms with Gasteiger partial charge < -0.3 is 5.73 Å². The standard InChI is InChI=1S/C12H23N/c1-12(2)10(11(12)8-13)7-9-5-3-4-6-9/h9-11H,3-8,13H2,1-2H3. The molecule has 0 aromatic heterocycles. The van der Waals surface area contributed by atoms with Crippen LogP contribution in [0.1, 0.15) is 46.0 Å². The van der Waals surface area contributed by atoms with Crippen LogP contribution in [0, 0.1) is 23.2 Å². The topological polar surface area (TPSA) is 26.0 Å². The first kappa shape index (κ1) is 9.51. The molecule has 0 spiro atoms. The quantitative estimate of drug-likeness (QED) is 0.712. The van der Waals surface area contributed by atoms with E-state index in [2.05, 4.69) is 13.8 Å². The highest BCUT2D eigenvalue weighted by Gasteiger charge is 2.56. The first-order valence-corrected chi connectivity index (χ1v) is 5.86. The Labute approximate surface area is 82.1 Å². The summed E-state index contributed by atoms with van der Waals surface area (Å²) < 4.78 is 0. The Morgan fingerprint density at radius 1 is 1.15 bits per heavy atom. The summed E-state index contributed by atoms with van der Waals surface area (Å²) in [5.41, 5.74) is 6.34. The van der Waals surface area contributed by atoms with E-state index in [-0.39, 0.29) is 0 Å². The molecule has 13 heavy (non-hydrogen) atoms.